The van der Waals surface area contributed by atoms with Gasteiger partial charge in [-0.2, -0.15) is 5.26 Å². The van der Waals surface area contributed by atoms with Crippen LogP contribution in [0.2, 0.25) is 0 Å². The van der Waals surface area contributed by atoms with E-state index in [4.69, 9.17) is 5.26 Å². The smallest absolute Gasteiger partial charge is 0.101 e. The third kappa shape index (κ3) is 2.50. The Labute approximate surface area is 85.8 Å². The molecule has 0 amide bonds. The van der Waals surface area contributed by atoms with Gasteiger partial charge in [0.05, 0.1) is 11.3 Å². The van der Waals surface area contributed by atoms with E-state index in [9.17, 15) is 0 Å². The van der Waals surface area contributed by atoms with Crippen LogP contribution in [0.1, 0.15) is 19.4 Å². The Balaban J connectivity index is 2.89. The fraction of sp³-hybridized carbons (Fsp3) is 0.417. The van der Waals surface area contributed by atoms with Crippen molar-refractivity contribution < 1.29 is 0 Å². The van der Waals surface area contributed by atoms with Gasteiger partial charge in [0.25, 0.3) is 0 Å². The number of anilines is 1. The molecule has 1 rings (SSSR count). The van der Waals surface area contributed by atoms with Crippen LogP contribution in [0.3, 0.4) is 0 Å². The summed E-state index contributed by atoms with van der Waals surface area (Å²) in [7, 11) is 2.02. The van der Waals surface area contributed by atoms with Crippen LogP contribution in [0.4, 0.5) is 5.69 Å². The Morgan fingerprint density at radius 3 is 2.57 bits per heavy atom. The minimum atomic E-state index is 0.603. The maximum Gasteiger partial charge on any atom is 0.101 e. The SMILES string of the molecule is CC(C)CN(C)c1ccccc1C#N. The first-order valence-electron chi connectivity index (χ1n) is 4.85. The minimum absolute atomic E-state index is 0.603. The first kappa shape index (κ1) is 10.6. The Kier molecular flexibility index (Phi) is 3.53. The maximum atomic E-state index is 8.92. The standard InChI is InChI=1S/C12H16N2/c1-10(2)9-14(3)12-7-5-4-6-11(12)8-13/h4-7,10H,9H2,1-3H3. The lowest BCUT2D eigenvalue weighted by molar-refractivity contribution is 0.638. The second-order valence-electron chi connectivity index (χ2n) is 3.90. The fourth-order valence-electron chi connectivity index (χ4n) is 1.55. The Morgan fingerprint density at radius 2 is 2.00 bits per heavy atom. The highest BCUT2D eigenvalue weighted by Crippen LogP contribution is 2.18. The van der Waals surface area contributed by atoms with Gasteiger partial charge in [-0.1, -0.05) is 26.0 Å². The predicted molar refractivity (Wildman–Crippen MR) is 59.3 cm³/mol. The molecule has 74 valence electrons. The molecule has 0 saturated heterocycles. The van der Waals surface area contributed by atoms with Crippen LogP contribution in [-0.4, -0.2) is 13.6 Å². The molecule has 0 spiro atoms. The zero-order valence-corrected chi connectivity index (χ0v) is 8.99. The summed E-state index contributed by atoms with van der Waals surface area (Å²) in [5, 5.41) is 8.92. The van der Waals surface area contributed by atoms with Crippen LogP contribution in [0.5, 0.6) is 0 Å². The molecule has 0 radical (unpaired) electrons. The van der Waals surface area contributed by atoms with E-state index in [1.807, 2.05) is 31.3 Å². The molecule has 0 aliphatic heterocycles. The molecule has 0 aromatic heterocycles. The van der Waals surface area contributed by atoms with Gasteiger partial charge < -0.3 is 4.90 Å². The summed E-state index contributed by atoms with van der Waals surface area (Å²) in [5.41, 5.74) is 1.76. The van der Waals surface area contributed by atoms with Crippen molar-refractivity contribution in [3.05, 3.63) is 29.8 Å². The minimum Gasteiger partial charge on any atom is -0.373 e. The average Bonchev–Trinajstić information content (AvgIpc) is 2.16. The van der Waals surface area contributed by atoms with Crippen molar-refractivity contribution in [2.45, 2.75) is 13.8 Å². The first-order valence-corrected chi connectivity index (χ1v) is 4.85. The van der Waals surface area contributed by atoms with E-state index >= 15 is 0 Å². The quantitative estimate of drug-likeness (QED) is 0.729. The highest BCUT2D eigenvalue weighted by atomic mass is 15.1. The molecule has 0 N–H and O–H groups in total. The number of hydrogen-bond donors (Lipinski definition) is 0. The van der Waals surface area contributed by atoms with Crippen LogP contribution in [0.15, 0.2) is 24.3 Å². The van der Waals surface area contributed by atoms with Crippen LogP contribution < -0.4 is 4.90 Å². The van der Waals surface area contributed by atoms with Crippen molar-refractivity contribution in [1.29, 1.82) is 5.26 Å². The van der Waals surface area contributed by atoms with Gasteiger partial charge in [-0.25, -0.2) is 0 Å². The van der Waals surface area contributed by atoms with E-state index in [0.29, 0.717) is 5.92 Å². The number of nitriles is 1. The Hall–Kier alpha value is -1.49. The molecule has 0 unspecified atom stereocenters. The summed E-state index contributed by atoms with van der Waals surface area (Å²) in [4.78, 5) is 2.13. The summed E-state index contributed by atoms with van der Waals surface area (Å²) in [5.74, 6) is 0.603. The van der Waals surface area contributed by atoms with Crippen LogP contribution in [0.25, 0.3) is 0 Å². The van der Waals surface area contributed by atoms with Gasteiger partial charge in [-0.05, 0) is 18.1 Å². The average molecular weight is 188 g/mol. The van der Waals surface area contributed by atoms with Gasteiger partial charge in [0, 0.05) is 13.6 Å². The summed E-state index contributed by atoms with van der Waals surface area (Å²) < 4.78 is 0. The van der Waals surface area contributed by atoms with Crippen molar-refractivity contribution in [2.24, 2.45) is 5.92 Å². The van der Waals surface area contributed by atoms with Gasteiger partial charge in [0.2, 0.25) is 0 Å². The van der Waals surface area contributed by atoms with Crippen LogP contribution in [-0.2, 0) is 0 Å². The molecule has 0 aliphatic carbocycles. The fourth-order valence-corrected chi connectivity index (χ4v) is 1.55. The molecule has 0 atom stereocenters. The number of para-hydroxylation sites is 1. The van der Waals surface area contributed by atoms with E-state index in [2.05, 4.69) is 24.8 Å². The van der Waals surface area contributed by atoms with Crippen molar-refractivity contribution in [1.82, 2.24) is 0 Å². The number of hydrogen-bond acceptors (Lipinski definition) is 2. The van der Waals surface area contributed by atoms with E-state index in [1.165, 1.54) is 0 Å². The highest BCUT2D eigenvalue weighted by molar-refractivity contribution is 5.58. The molecule has 0 saturated carbocycles. The maximum absolute atomic E-state index is 8.92. The number of rotatable bonds is 3. The molecule has 0 fully saturated rings. The van der Waals surface area contributed by atoms with Gasteiger partial charge in [-0.15, -0.1) is 0 Å². The Morgan fingerprint density at radius 1 is 1.36 bits per heavy atom. The van der Waals surface area contributed by atoms with Crippen molar-refractivity contribution in [3.8, 4) is 6.07 Å². The lowest BCUT2D eigenvalue weighted by Gasteiger charge is -2.22. The third-order valence-electron chi connectivity index (χ3n) is 2.07. The lowest BCUT2D eigenvalue weighted by Crippen LogP contribution is -2.23. The summed E-state index contributed by atoms with van der Waals surface area (Å²) >= 11 is 0. The van der Waals surface area contributed by atoms with Crippen molar-refractivity contribution in [2.75, 3.05) is 18.5 Å². The molecular weight excluding hydrogens is 172 g/mol. The molecule has 2 heteroatoms. The topological polar surface area (TPSA) is 27.0 Å². The number of benzene rings is 1. The Bertz CT molecular complexity index is 336. The monoisotopic (exact) mass is 188 g/mol. The van der Waals surface area contributed by atoms with Gasteiger partial charge in [-0.3, -0.25) is 0 Å². The van der Waals surface area contributed by atoms with Crippen LogP contribution in [0, 0.1) is 17.2 Å². The third-order valence-corrected chi connectivity index (χ3v) is 2.07. The lowest BCUT2D eigenvalue weighted by atomic mass is 10.1. The molecule has 0 heterocycles. The molecule has 14 heavy (non-hydrogen) atoms. The van der Waals surface area contributed by atoms with E-state index in [-0.39, 0.29) is 0 Å². The van der Waals surface area contributed by atoms with Gasteiger partial charge in [0.15, 0.2) is 0 Å². The van der Waals surface area contributed by atoms with Gasteiger partial charge in [0.1, 0.15) is 6.07 Å². The van der Waals surface area contributed by atoms with E-state index in [0.717, 1.165) is 17.8 Å². The van der Waals surface area contributed by atoms with E-state index < -0.39 is 0 Å². The molecule has 0 aliphatic rings. The van der Waals surface area contributed by atoms with Gasteiger partial charge >= 0.3 is 0 Å². The highest BCUT2D eigenvalue weighted by Gasteiger charge is 2.07. The summed E-state index contributed by atoms with van der Waals surface area (Å²) in [6.07, 6.45) is 0. The predicted octanol–water partition coefficient (Wildman–Crippen LogP) is 2.65. The summed E-state index contributed by atoms with van der Waals surface area (Å²) in [6.45, 7) is 5.32. The normalized spacial score (nSPS) is 9.93. The van der Waals surface area contributed by atoms with Crippen LogP contribution >= 0.6 is 0 Å². The van der Waals surface area contributed by atoms with Crippen molar-refractivity contribution >= 4 is 5.69 Å². The second-order valence-corrected chi connectivity index (χ2v) is 3.90. The van der Waals surface area contributed by atoms with Crippen molar-refractivity contribution in [3.63, 3.8) is 0 Å². The molecule has 0 bridgehead atoms. The molecule has 2 nitrogen and oxygen atoms in total. The summed E-state index contributed by atoms with van der Waals surface area (Å²) in [6, 6.07) is 9.91. The number of nitrogens with zero attached hydrogens (tertiary/aromatic N) is 2. The zero-order valence-electron chi connectivity index (χ0n) is 8.99. The second kappa shape index (κ2) is 4.66. The first-order chi connectivity index (χ1) is 6.65. The molecule has 1 aromatic carbocycles. The molecule has 1 aromatic rings. The largest absolute Gasteiger partial charge is 0.373 e. The zero-order chi connectivity index (χ0) is 10.6. The molecular formula is C12H16N2. The van der Waals surface area contributed by atoms with E-state index in [1.54, 1.807) is 0 Å².